The van der Waals surface area contributed by atoms with Gasteiger partial charge in [-0.3, -0.25) is 4.79 Å². The lowest BCUT2D eigenvalue weighted by molar-refractivity contribution is -0.125. The van der Waals surface area contributed by atoms with Crippen LogP contribution in [0, 0.1) is 35.0 Å². The van der Waals surface area contributed by atoms with E-state index in [1.807, 2.05) is 45.0 Å². The lowest BCUT2D eigenvalue weighted by Crippen LogP contribution is -2.48. The molecule has 29 heavy (non-hydrogen) atoms. The number of carbonyl (C=O) groups excluding carboxylic acids is 1. The molecule has 2 unspecified atom stereocenters. The topological polar surface area (TPSA) is 102 Å². The summed E-state index contributed by atoms with van der Waals surface area (Å²) in [6.45, 7) is 8.06. The Morgan fingerprint density at radius 1 is 1.10 bits per heavy atom. The number of nitrogens with zero attached hydrogens (tertiary/aromatic N) is 4. The van der Waals surface area contributed by atoms with Gasteiger partial charge in [-0.1, -0.05) is 38.4 Å². The molecule has 1 aromatic heterocycles. The van der Waals surface area contributed by atoms with Crippen LogP contribution >= 0.6 is 11.6 Å². The van der Waals surface area contributed by atoms with Crippen LogP contribution in [0.1, 0.15) is 62.0 Å². The van der Waals surface area contributed by atoms with Crippen LogP contribution in [-0.2, 0) is 15.6 Å². The third-order valence-corrected chi connectivity index (χ3v) is 7.71. The van der Waals surface area contributed by atoms with Crippen molar-refractivity contribution in [1.82, 2.24) is 9.97 Å². The van der Waals surface area contributed by atoms with Crippen LogP contribution in [0.5, 0.6) is 0 Å². The van der Waals surface area contributed by atoms with Crippen LogP contribution in [-0.4, -0.2) is 15.9 Å². The number of benzene rings is 1. The highest BCUT2D eigenvalue weighted by Gasteiger charge is 2.73. The van der Waals surface area contributed by atoms with Gasteiger partial charge in [0.1, 0.15) is 12.1 Å². The van der Waals surface area contributed by atoms with Gasteiger partial charge in [-0.2, -0.15) is 10.5 Å². The van der Waals surface area contributed by atoms with Gasteiger partial charge in [-0.05, 0) is 42.9 Å². The summed E-state index contributed by atoms with van der Waals surface area (Å²) in [7, 11) is 0. The highest BCUT2D eigenvalue weighted by Crippen LogP contribution is 2.70. The number of halogens is 1. The largest absolute Gasteiger partial charge is 0.325 e. The predicted molar refractivity (Wildman–Crippen MR) is 108 cm³/mol. The first-order valence-electron chi connectivity index (χ1n) is 9.43. The molecule has 2 atom stereocenters. The van der Waals surface area contributed by atoms with Crippen molar-refractivity contribution in [2.45, 2.75) is 51.4 Å². The predicted octanol–water partition coefficient (Wildman–Crippen LogP) is 4.15. The molecule has 1 amide bonds. The smallest absolute Gasteiger partial charge is 0.237 e. The van der Waals surface area contributed by atoms with Crippen molar-refractivity contribution < 1.29 is 4.79 Å². The number of nitriles is 2. The van der Waals surface area contributed by atoms with Crippen molar-refractivity contribution in [3.63, 3.8) is 0 Å². The van der Waals surface area contributed by atoms with Gasteiger partial charge < -0.3 is 5.32 Å². The summed E-state index contributed by atoms with van der Waals surface area (Å²) < 4.78 is 0. The van der Waals surface area contributed by atoms with Crippen molar-refractivity contribution in [2.75, 3.05) is 5.32 Å². The van der Waals surface area contributed by atoms with Crippen molar-refractivity contribution in [1.29, 1.82) is 10.5 Å². The Balaban J connectivity index is 1.89. The van der Waals surface area contributed by atoms with Gasteiger partial charge in [0.2, 0.25) is 5.91 Å². The first-order chi connectivity index (χ1) is 13.6. The Bertz CT molecular complexity index is 1160. The first kappa shape index (κ1) is 19.4. The molecule has 1 fully saturated rings. The molecule has 1 heterocycles. The fourth-order valence-corrected chi connectivity index (χ4v) is 5.23. The maximum atomic E-state index is 13.7. The van der Waals surface area contributed by atoms with E-state index in [4.69, 9.17) is 11.6 Å². The Kier molecular flexibility index (Phi) is 4.02. The van der Waals surface area contributed by atoms with E-state index in [0.717, 1.165) is 12.0 Å². The average Bonchev–Trinajstić information content (AvgIpc) is 2.99. The molecule has 2 aliphatic carbocycles. The van der Waals surface area contributed by atoms with Crippen LogP contribution in [0.3, 0.4) is 0 Å². The Labute approximate surface area is 174 Å². The van der Waals surface area contributed by atoms with Gasteiger partial charge in [-0.15, -0.1) is 0 Å². The number of rotatable bonds is 2. The minimum atomic E-state index is -0.943. The van der Waals surface area contributed by atoms with E-state index in [0.29, 0.717) is 28.5 Å². The second-order valence-electron chi connectivity index (χ2n) is 8.62. The molecule has 0 spiro atoms. The lowest BCUT2D eigenvalue weighted by atomic mass is 9.63. The van der Waals surface area contributed by atoms with Crippen molar-refractivity contribution in [3.8, 4) is 12.1 Å². The van der Waals surface area contributed by atoms with Gasteiger partial charge in [-0.25, -0.2) is 9.97 Å². The second-order valence-corrected chi connectivity index (χ2v) is 9.03. The molecule has 0 radical (unpaired) electrons. The quantitative estimate of drug-likeness (QED) is 0.808. The van der Waals surface area contributed by atoms with Crippen molar-refractivity contribution in [3.05, 3.63) is 51.6 Å². The molecular weight excluding hydrogens is 386 g/mol. The van der Waals surface area contributed by atoms with E-state index in [9.17, 15) is 15.3 Å². The summed E-state index contributed by atoms with van der Waals surface area (Å²) in [6.07, 6.45) is 1.35. The minimum absolute atomic E-state index is 0.0108. The maximum absolute atomic E-state index is 13.7. The summed E-state index contributed by atoms with van der Waals surface area (Å²) in [5.74, 6) is -0.187. The molecule has 4 rings (SSSR count). The van der Waals surface area contributed by atoms with Gasteiger partial charge in [0.15, 0.2) is 11.4 Å². The number of hydrogen-bond donors (Lipinski definition) is 1. The van der Waals surface area contributed by atoms with Crippen molar-refractivity contribution in [2.24, 2.45) is 5.41 Å². The maximum Gasteiger partial charge on any atom is 0.237 e. The number of hydrogen-bond acceptors (Lipinski definition) is 5. The molecule has 2 aliphatic rings. The Hall–Kier alpha value is -2.96. The number of aromatic nitrogens is 2. The summed E-state index contributed by atoms with van der Waals surface area (Å²) in [5, 5.41) is 22.4. The zero-order valence-electron chi connectivity index (χ0n) is 16.7. The molecule has 1 N–H and O–H groups in total. The van der Waals surface area contributed by atoms with Crippen LogP contribution in [0.15, 0.2) is 18.2 Å². The highest BCUT2D eigenvalue weighted by atomic mass is 35.5. The van der Waals surface area contributed by atoms with E-state index in [1.165, 1.54) is 0 Å². The number of amides is 1. The van der Waals surface area contributed by atoms with Gasteiger partial charge in [0.25, 0.3) is 0 Å². The summed E-state index contributed by atoms with van der Waals surface area (Å²) in [6, 6.07) is 9.32. The molecule has 146 valence electrons. The van der Waals surface area contributed by atoms with E-state index < -0.39 is 16.2 Å². The second kappa shape index (κ2) is 6.02. The molecule has 0 aliphatic heterocycles. The normalized spacial score (nSPS) is 25.8. The number of anilines is 1. The van der Waals surface area contributed by atoms with Gasteiger partial charge in [0, 0.05) is 16.1 Å². The molecule has 2 aromatic rings. The fraction of sp³-hybridized carbons (Fsp3) is 0.409. The van der Waals surface area contributed by atoms with Crippen LogP contribution in [0.25, 0.3) is 0 Å². The van der Waals surface area contributed by atoms with Crippen LogP contribution < -0.4 is 5.32 Å². The number of carbonyl (C=O) groups is 1. The monoisotopic (exact) mass is 405 g/mol. The third kappa shape index (κ3) is 2.24. The average molecular weight is 406 g/mol. The molecule has 2 bridgehead atoms. The number of nitrogens with one attached hydrogen (secondary N) is 1. The third-order valence-electron chi connectivity index (χ3n) is 7.30. The lowest BCUT2D eigenvalue weighted by Gasteiger charge is -2.39. The zero-order valence-corrected chi connectivity index (χ0v) is 17.5. The van der Waals surface area contributed by atoms with Gasteiger partial charge >= 0.3 is 0 Å². The number of aryl methyl sites for hydroxylation is 1. The highest BCUT2D eigenvalue weighted by molar-refractivity contribution is 6.31. The SMILES string of the molecule is Cc1ccc(NC(=O)C23CCC(C)(c4nc(C#N)c(C#N)nc42)C3(C)C)cc1Cl. The van der Waals surface area contributed by atoms with E-state index in [-0.39, 0.29) is 17.3 Å². The molecule has 6 nitrogen and oxygen atoms in total. The van der Waals surface area contributed by atoms with Crippen LogP contribution in [0.4, 0.5) is 5.69 Å². The van der Waals surface area contributed by atoms with E-state index in [1.54, 1.807) is 6.07 Å². The van der Waals surface area contributed by atoms with Gasteiger partial charge in [0.05, 0.1) is 16.8 Å². The Morgan fingerprint density at radius 3 is 2.31 bits per heavy atom. The first-order valence-corrected chi connectivity index (χ1v) is 9.81. The fourth-order valence-electron chi connectivity index (χ4n) is 5.05. The zero-order chi connectivity index (χ0) is 21.2. The summed E-state index contributed by atoms with van der Waals surface area (Å²) in [5.41, 5.74) is 0.820. The summed E-state index contributed by atoms with van der Waals surface area (Å²) >= 11 is 6.23. The standard InChI is InChI=1S/C22H20ClN5O/c1-12-5-6-13(9-14(12)23)26-19(29)22-8-7-21(4,20(22,2)3)17-18(22)28-16(11-25)15(10-24)27-17/h5-6,9H,7-8H2,1-4H3,(H,26,29). The minimum Gasteiger partial charge on any atom is -0.325 e. The molecule has 1 saturated carbocycles. The molecule has 1 aromatic carbocycles. The van der Waals surface area contributed by atoms with E-state index >= 15 is 0 Å². The number of fused-ring (bicyclic) bond motifs is 5. The molecule has 0 saturated heterocycles. The summed E-state index contributed by atoms with van der Waals surface area (Å²) in [4.78, 5) is 22.7. The molecule has 7 heteroatoms. The Morgan fingerprint density at radius 2 is 1.72 bits per heavy atom. The van der Waals surface area contributed by atoms with E-state index in [2.05, 4.69) is 22.2 Å². The molecular formula is C22H20ClN5O. The van der Waals surface area contributed by atoms with Crippen molar-refractivity contribution >= 4 is 23.2 Å². The van der Waals surface area contributed by atoms with Crippen LogP contribution in [0.2, 0.25) is 5.02 Å².